The molecule has 1 saturated heterocycles. The maximum absolute atomic E-state index is 13.2. The van der Waals surface area contributed by atoms with Gasteiger partial charge in [-0.15, -0.1) is 0 Å². The molecule has 0 atom stereocenters. The number of rotatable bonds is 8. The molecule has 4 rings (SSSR count). The van der Waals surface area contributed by atoms with Crippen LogP contribution in [0.15, 0.2) is 75.5 Å². The maximum Gasteiger partial charge on any atom is 0.243 e. The van der Waals surface area contributed by atoms with Gasteiger partial charge in [0.05, 0.1) is 22.7 Å². The fourth-order valence-electron chi connectivity index (χ4n) is 4.30. The summed E-state index contributed by atoms with van der Waals surface area (Å²) in [5, 5.41) is 0.770. The first-order valence-electron chi connectivity index (χ1n) is 11.7. The summed E-state index contributed by atoms with van der Waals surface area (Å²) < 4.78 is 36.0. The molecule has 0 unspecified atom stereocenters. The smallest absolute Gasteiger partial charge is 0.243 e. The van der Waals surface area contributed by atoms with Crippen molar-refractivity contribution in [2.45, 2.75) is 50.0 Å². The Labute approximate surface area is 212 Å². The van der Waals surface area contributed by atoms with Crippen LogP contribution in [0.2, 0.25) is 0 Å². The minimum atomic E-state index is -3.51. The molecule has 5 nitrogen and oxygen atoms in total. The normalized spacial score (nSPS) is 17.7. The number of hydrogen-bond acceptors (Lipinski definition) is 5. The summed E-state index contributed by atoms with van der Waals surface area (Å²) in [6.07, 6.45) is 8.47. The highest BCUT2D eigenvalue weighted by Gasteiger charge is 2.33. The zero-order valence-electron chi connectivity index (χ0n) is 19.6. The van der Waals surface area contributed by atoms with E-state index in [9.17, 15) is 8.42 Å². The highest BCUT2D eigenvalue weighted by Crippen LogP contribution is 2.43. The molecule has 182 valence electrons. The van der Waals surface area contributed by atoms with Crippen molar-refractivity contribution in [3.05, 3.63) is 76.2 Å². The van der Waals surface area contributed by atoms with Gasteiger partial charge in [0, 0.05) is 24.0 Å². The zero-order valence-corrected chi connectivity index (χ0v) is 22.0. The number of methoxy groups -OCH3 is 1. The SMILES string of the molecule is CCc1ccc(S(=O)(=O)N2CCC(N(SC3=CCCC=C3Cl)c3ccccc3OC)CC2)cc1. The number of sulfonamides is 1. The number of para-hydroxylation sites is 2. The third-order valence-electron chi connectivity index (χ3n) is 6.30. The summed E-state index contributed by atoms with van der Waals surface area (Å²) in [6, 6.07) is 15.3. The summed E-state index contributed by atoms with van der Waals surface area (Å²) in [5.41, 5.74) is 2.11. The Bertz CT molecular complexity index is 1150. The lowest BCUT2D eigenvalue weighted by Crippen LogP contribution is -2.45. The molecule has 1 aliphatic heterocycles. The number of anilines is 1. The molecule has 1 fully saturated rings. The number of hydrogen-bond donors (Lipinski definition) is 0. The van der Waals surface area contributed by atoms with E-state index in [1.807, 2.05) is 36.4 Å². The molecule has 2 aliphatic rings. The molecular weight excluding hydrogens is 488 g/mol. The van der Waals surface area contributed by atoms with E-state index in [0.717, 1.165) is 46.2 Å². The Morgan fingerprint density at radius 2 is 1.74 bits per heavy atom. The van der Waals surface area contributed by atoms with Crippen molar-refractivity contribution >= 4 is 39.3 Å². The molecule has 0 N–H and O–H groups in total. The minimum Gasteiger partial charge on any atom is -0.495 e. The maximum atomic E-state index is 13.2. The minimum absolute atomic E-state index is 0.141. The number of ether oxygens (including phenoxy) is 1. The van der Waals surface area contributed by atoms with E-state index in [1.165, 1.54) is 0 Å². The predicted octanol–water partition coefficient (Wildman–Crippen LogP) is 6.37. The fraction of sp³-hybridized carbons (Fsp3) is 0.385. The molecule has 0 saturated carbocycles. The number of piperidine rings is 1. The summed E-state index contributed by atoms with van der Waals surface area (Å²) in [7, 11) is -1.83. The van der Waals surface area contributed by atoms with Gasteiger partial charge in [0.1, 0.15) is 5.75 Å². The monoisotopic (exact) mass is 518 g/mol. The van der Waals surface area contributed by atoms with Gasteiger partial charge < -0.3 is 9.04 Å². The Balaban J connectivity index is 1.54. The van der Waals surface area contributed by atoms with Crippen molar-refractivity contribution in [2.75, 3.05) is 24.5 Å². The summed E-state index contributed by atoms with van der Waals surface area (Å²) in [6.45, 7) is 3.00. The number of aryl methyl sites for hydroxylation is 1. The van der Waals surface area contributed by atoms with E-state index >= 15 is 0 Å². The van der Waals surface area contributed by atoms with Crippen molar-refractivity contribution in [3.63, 3.8) is 0 Å². The molecule has 0 bridgehead atoms. The quantitative estimate of drug-likeness (QED) is 0.380. The van der Waals surface area contributed by atoms with Crippen LogP contribution < -0.4 is 9.04 Å². The molecule has 2 aromatic rings. The van der Waals surface area contributed by atoms with E-state index in [2.05, 4.69) is 23.4 Å². The molecule has 0 amide bonds. The molecule has 34 heavy (non-hydrogen) atoms. The molecule has 0 spiro atoms. The van der Waals surface area contributed by atoms with Gasteiger partial charge in [0.25, 0.3) is 0 Å². The van der Waals surface area contributed by atoms with Gasteiger partial charge in [-0.2, -0.15) is 4.31 Å². The predicted molar refractivity (Wildman–Crippen MR) is 142 cm³/mol. The van der Waals surface area contributed by atoms with Gasteiger partial charge in [-0.3, -0.25) is 0 Å². The van der Waals surface area contributed by atoms with Crippen molar-refractivity contribution in [1.29, 1.82) is 0 Å². The van der Waals surface area contributed by atoms with Crippen LogP contribution in [0.3, 0.4) is 0 Å². The fourth-order valence-corrected chi connectivity index (χ4v) is 7.25. The van der Waals surface area contributed by atoms with Crippen LogP contribution in [0.1, 0.15) is 38.2 Å². The summed E-state index contributed by atoms with van der Waals surface area (Å²) in [4.78, 5) is 1.40. The van der Waals surface area contributed by atoms with E-state index in [0.29, 0.717) is 30.8 Å². The van der Waals surface area contributed by atoms with E-state index in [4.69, 9.17) is 16.3 Å². The number of allylic oxidation sites excluding steroid dienone is 3. The van der Waals surface area contributed by atoms with Crippen LogP contribution >= 0.6 is 23.5 Å². The van der Waals surface area contributed by atoms with Crippen LogP contribution in [0.4, 0.5) is 5.69 Å². The van der Waals surface area contributed by atoms with Crippen LogP contribution in [-0.4, -0.2) is 39.0 Å². The molecule has 0 aromatic heterocycles. The average Bonchev–Trinajstić information content (AvgIpc) is 2.88. The Hall–Kier alpha value is -1.93. The number of nitrogens with zero attached hydrogens (tertiary/aromatic N) is 2. The van der Waals surface area contributed by atoms with Crippen LogP contribution in [0.25, 0.3) is 0 Å². The lowest BCUT2D eigenvalue weighted by molar-refractivity contribution is 0.321. The van der Waals surface area contributed by atoms with Gasteiger partial charge in [0.2, 0.25) is 10.0 Å². The Morgan fingerprint density at radius 3 is 2.38 bits per heavy atom. The first-order chi connectivity index (χ1) is 16.4. The van der Waals surface area contributed by atoms with E-state index in [-0.39, 0.29) is 6.04 Å². The molecule has 1 aliphatic carbocycles. The Kier molecular flexibility index (Phi) is 8.30. The molecule has 2 aromatic carbocycles. The number of benzene rings is 2. The second kappa shape index (κ2) is 11.2. The van der Waals surface area contributed by atoms with E-state index < -0.39 is 10.0 Å². The summed E-state index contributed by atoms with van der Waals surface area (Å²) in [5.74, 6) is 0.789. The van der Waals surface area contributed by atoms with Crippen molar-refractivity contribution < 1.29 is 13.2 Å². The second-order valence-electron chi connectivity index (χ2n) is 8.42. The topological polar surface area (TPSA) is 49.9 Å². The highest BCUT2D eigenvalue weighted by molar-refractivity contribution is 8.04. The molecule has 1 heterocycles. The van der Waals surface area contributed by atoms with Gasteiger partial charge in [-0.1, -0.05) is 54.9 Å². The lowest BCUT2D eigenvalue weighted by Gasteiger charge is -2.39. The largest absolute Gasteiger partial charge is 0.495 e. The molecule has 0 radical (unpaired) electrons. The molecule has 8 heteroatoms. The van der Waals surface area contributed by atoms with Crippen LogP contribution in [-0.2, 0) is 16.4 Å². The summed E-state index contributed by atoms with van der Waals surface area (Å²) >= 11 is 8.14. The van der Waals surface area contributed by atoms with Crippen molar-refractivity contribution in [3.8, 4) is 5.75 Å². The van der Waals surface area contributed by atoms with Crippen molar-refractivity contribution in [1.82, 2.24) is 4.31 Å². The van der Waals surface area contributed by atoms with Gasteiger partial charge in [-0.25, -0.2) is 8.42 Å². The molecular formula is C26H31ClN2O3S2. The van der Waals surface area contributed by atoms with E-state index in [1.54, 1.807) is 35.5 Å². The average molecular weight is 519 g/mol. The van der Waals surface area contributed by atoms with Gasteiger partial charge >= 0.3 is 0 Å². The third kappa shape index (κ3) is 5.48. The van der Waals surface area contributed by atoms with Gasteiger partial charge in [0.15, 0.2) is 0 Å². The van der Waals surface area contributed by atoms with Crippen molar-refractivity contribution in [2.24, 2.45) is 0 Å². The standard InChI is InChI=1S/C26H31ClN2O3S2/c1-3-20-12-14-22(15-13-20)34(30,31)28-18-16-21(17-19-28)29(24-9-5-6-10-25(24)32-2)33-26-11-7-4-8-23(26)27/h5-6,8-15,21H,3-4,7,16-19H2,1-2H3. The lowest BCUT2D eigenvalue weighted by atomic mass is 10.1. The first kappa shape index (κ1) is 25.2. The second-order valence-corrected chi connectivity index (χ2v) is 11.8. The van der Waals surface area contributed by atoms with Crippen LogP contribution in [0, 0.1) is 0 Å². The van der Waals surface area contributed by atoms with Gasteiger partial charge in [-0.05, 0) is 73.9 Å². The number of halogens is 1. The highest BCUT2D eigenvalue weighted by atomic mass is 35.5. The Morgan fingerprint density at radius 1 is 1.06 bits per heavy atom. The zero-order chi connectivity index (χ0) is 24.1. The van der Waals surface area contributed by atoms with Crippen LogP contribution in [0.5, 0.6) is 5.75 Å². The third-order valence-corrected chi connectivity index (χ3v) is 9.96. The first-order valence-corrected chi connectivity index (χ1v) is 14.3.